The fourth-order valence-corrected chi connectivity index (χ4v) is 4.70. The molecule has 1 aliphatic carbocycles. The number of carbonyl (C=O) groups is 2. The average Bonchev–Trinajstić information content (AvgIpc) is 3.22. The van der Waals surface area contributed by atoms with Crippen molar-refractivity contribution in [3.05, 3.63) is 99.9 Å². The van der Waals surface area contributed by atoms with E-state index in [0.717, 1.165) is 47.1 Å². The van der Waals surface area contributed by atoms with Crippen LogP contribution in [0.25, 0.3) is 21.6 Å². The summed E-state index contributed by atoms with van der Waals surface area (Å²) < 4.78 is 5.64. The van der Waals surface area contributed by atoms with Crippen molar-refractivity contribution in [3.8, 4) is 11.1 Å². The number of benzene rings is 3. The predicted octanol–water partition coefficient (Wildman–Crippen LogP) is 6.88. The van der Waals surface area contributed by atoms with Crippen molar-refractivity contribution in [1.82, 2.24) is 4.90 Å². The third kappa shape index (κ3) is 6.68. The number of azide groups is 1. The lowest BCUT2D eigenvalue weighted by molar-refractivity contribution is -0.130. The molecule has 2 amide bonds. The van der Waals surface area contributed by atoms with Crippen LogP contribution in [0.1, 0.15) is 48.3 Å². The molecule has 37 heavy (non-hydrogen) atoms. The molecule has 0 saturated heterocycles. The molecule has 0 aromatic heterocycles. The number of unbranched alkanes of at least 4 members (excludes halogenated alkanes) is 2. The number of nitrogens with one attached hydrogen (secondary N) is 1. The minimum absolute atomic E-state index is 0.0789. The first-order valence-electron chi connectivity index (χ1n) is 12.5. The average molecular weight is 498 g/mol. The lowest BCUT2D eigenvalue weighted by Crippen LogP contribution is -2.26. The highest BCUT2D eigenvalue weighted by molar-refractivity contribution is 5.85. The van der Waals surface area contributed by atoms with Crippen LogP contribution in [-0.2, 0) is 16.1 Å². The van der Waals surface area contributed by atoms with Gasteiger partial charge in [0.2, 0.25) is 5.91 Å². The molecule has 1 unspecified atom stereocenters. The van der Waals surface area contributed by atoms with Gasteiger partial charge in [-0.15, -0.1) is 0 Å². The Balaban J connectivity index is 1.40. The van der Waals surface area contributed by atoms with E-state index in [4.69, 9.17) is 10.3 Å². The van der Waals surface area contributed by atoms with Crippen molar-refractivity contribution in [2.24, 2.45) is 5.11 Å². The highest BCUT2D eigenvalue weighted by atomic mass is 16.5. The molecule has 190 valence electrons. The van der Waals surface area contributed by atoms with Gasteiger partial charge in [0.25, 0.3) is 0 Å². The molecule has 0 spiro atoms. The highest BCUT2D eigenvalue weighted by Gasteiger charge is 2.30. The predicted molar refractivity (Wildman–Crippen MR) is 144 cm³/mol. The fourth-order valence-electron chi connectivity index (χ4n) is 4.70. The van der Waals surface area contributed by atoms with Crippen molar-refractivity contribution in [2.45, 2.75) is 38.1 Å². The summed E-state index contributed by atoms with van der Waals surface area (Å²) in [6.07, 6.45) is 2.40. The Labute approximate surface area is 216 Å². The van der Waals surface area contributed by atoms with Gasteiger partial charge in [-0.2, -0.15) is 0 Å². The quantitative estimate of drug-likeness (QED) is 0.135. The number of hydrogen-bond donors (Lipinski definition) is 1. The largest absolute Gasteiger partial charge is 0.448 e. The van der Waals surface area contributed by atoms with Gasteiger partial charge >= 0.3 is 6.09 Å². The first-order chi connectivity index (χ1) is 18.1. The van der Waals surface area contributed by atoms with Crippen LogP contribution < -0.4 is 5.32 Å². The summed E-state index contributed by atoms with van der Waals surface area (Å²) in [6, 6.07) is 23.7. The normalized spacial score (nSPS) is 13.2. The van der Waals surface area contributed by atoms with E-state index in [0.29, 0.717) is 25.2 Å². The van der Waals surface area contributed by atoms with E-state index in [1.807, 2.05) is 49.5 Å². The summed E-state index contributed by atoms with van der Waals surface area (Å²) in [4.78, 5) is 29.6. The van der Waals surface area contributed by atoms with Crippen LogP contribution >= 0.6 is 0 Å². The number of amides is 2. The zero-order chi connectivity index (χ0) is 26.0. The molecule has 1 aliphatic rings. The molecule has 1 atom stereocenters. The topological polar surface area (TPSA) is 107 Å². The maximum absolute atomic E-state index is 12.6. The zero-order valence-electron chi connectivity index (χ0n) is 21.0. The van der Waals surface area contributed by atoms with Crippen molar-refractivity contribution in [3.63, 3.8) is 0 Å². The molecule has 4 rings (SSSR count). The number of ether oxygens (including phenoxy) is 1. The molecule has 8 nitrogen and oxygen atoms in total. The molecule has 0 heterocycles. The molecule has 0 fully saturated rings. The summed E-state index contributed by atoms with van der Waals surface area (Å²) in [5, 5.41) is 6.29. The van der Waals surface area contributed by atoms with E-state index in [9.17, 15) is 9.59 Å². The minimum Gasteiger partial charge on any atom is -0.448 e. The zero-order valence-corrected chi connectivity index (χ0v) is 21.0. The van der Waals surface area contributed by atoms with Gasteiger partial charge in [0.05, 0.1) is 0 Å². The van der Waals surface area contributed by atoms with Gasteiger partial charge in [0.15, 0.2) is 0 Å². The molecule has 0 aliphatic heterocycles. The van der Waals surface area contributed by atoms with Crippen LogP contribution in [0.15, 0.2) is 77.9 Å². The maximum Gasteiger partial charge on any atom is 0.411 e. The highest BCUT2D eigenvalue weighted by Crippen LogP contribution is 2.45. The van der Waals surface area contributed by atoms with Gasteiger partial charge in [0, 0.05) is 43.1 Å². The molecule has 3 aromatic carbocycles. The van der Waals surface area contributed by atoms with Gasteiger partial charge < -0.3 is 9.64 Å². The lowest BCUT2D eigenvalue weighted by Gasteiger charge is -2.19. The number of hydrogen-bond acceptors (Lipinski definition) is 4. The van der Waals surface area contributed by atoms with Gasteiger partial charge in [-0.1, -0.05) is 72.2 Å². The molecule has 8 heteroatoms. The number of para-hydroxylation sites is 1. The van der Waals surface area contributed by atoms with E-state index < -0.39 is 6.09 Å². The van der Waals surface area contributed by atoms with Crippen LogP contribution in [0.2, 0.25) is 0 Å². The molecular formula is C29H31N5O3. The van der Waals surface area contributed by atoms with Crippen molar-refractivity contribution in [1.29, 1.82) is 0 Å². The summed E-state index contributed by atoms with van der Waals surface area (Å²) >= 11 is 0. The molecule has 0 saturated carbocycles. The Morgan fingerprint density at radius 2 is 1.73 bits per heavy atom. The monoisotopic (exact) mass is 497 g/mol. The Hall–Kier alpha value is -4.29. The number of nitrogens with zero attached hydrogens (tertiary/aromatic N) is 4. The molecule has 0 radical (unpaired) electrons. The Bertz CT molecular complexity index is 1290. The first-order valence-corrected chi connectivity index (χ1v) is 12.5. The number of rotatable bonds is 11. The van der Waals surface area contributed by atoms with Gasteiger partial charge in [0.1, 0.15) is 6.61 Å². The second kappa shape index (κ2) is 12.6. The van der Waals surface area contributed by atoms with Crippen LogP contribution in [-0.4, -0.2) is 37.1 Å². The third-order valence-electron chi connectivity index (χ3n) is 6.58. The Morgan fingerprint density at radius 3 is 2.54 bits per heavy atom. The molecule has 0 bridgehead atoms. The molecule has 1 N–H and O–H groups in total. The SMILES string of the molecule is CN(Cc1ccc2c(c1)C(COC(=O)Nc1ccccc1)c1ccccc1-2)C(=O)CCCCCN=[N+]=[N-]. The molecule has 3 aromatic rings. The first kappa shape index (κ1) is 25.8. The maximum atomic E-state index is 12.6. The van der Waals surface area contributed by atoms with Crippen molar-refractivity contribution < 1.29 is 14.3 Å². The van der Waals surface area contributed by atoms with E-state index in [1.165, 1.54) is 0 Å². The summed E-state index contributed by atoms with van der Waals surface area (Å²) in [6.45, 7) is 1.19. The smallest absolute Gasteiger partial charge is 0.411 e. The van der Waals surface area contributed by atoms with Gasteiger partial charge in [-0.05, 0) is 58.3 Å². The van der Waals surface area contributed by atoms with Crippen molar-refractivity contribution in [2.75, 3.05) is 25.5 Å². The van der Waals surface area contributed by atoms with Crippen molar-refractivity contribution >= 4 is 17.7 Å². The third-order valence-corrected chi connectivity index (χ3v) is 6.58. The lowest BCUT2D eigenvalue weighted by atomic mass is 9.96. The van der Waals surface area contributed by atoms with E-state index in [2.05, 4.69) is 45.7 Å². The number of fused-ring (bicyclic) bond motifs is 3. The summed E-state index contributed by atoms with van der Waals surface area (Å²) in [5.74, 6) is 0.00906. The second-order valence-electron chi connectivity index (χ2n) is 9.17. The van der Waals surface area contributed by atoms with Gasteiger partial charge in [-0.3, -0.25) is 10.1 Å². The summed E-state index contributed by atoms with van der Waals surface area (Å²) in [7, 11) is 1.82. The minimum atomic E-state index is -0.488. The van der Waals surface area contributed by atoms with E-state index in [-0.39, 0.29) is 18.4 Å². The molecular weight excluding hydrogens is 466 g/mol. The number of carbonyl (C=O) groups excluding carboxylic acids is 2. The standard InChI is InChI=1S/C29H31N5O3/c1-34(28(35)14-6-3-9-17-31-33-30)19-21-15-16-25-23-12-7-8-13-24(23)27(26(25)18-21)20-37-29(36)32-22-10-4-2-5-11-22/h2,4-5,7-8,10-13,15-16,18,27H,3,6,9,14,17,19-20H2,1H3,(H,32,36). The van der Waals surface area contributed by atoms with Crippen LogP contribution in [0.5, 0.6) is 0 Å². The number of anilines is 1. The Morgan fingerprint density at radius 1 is 0.973 bits per heavy atom. The van der Waals surface area contributed by atoms with Crippen LogP contribution in [0, 0.1) is 0 Å². The van der Waals surface area contributed by atoms with Crippen LogP contribution in [0.3, 0.4) is 0 Å². The fraction of sp³-hybridized carbons (Fsp3) is 0.310. The second-order valence-corrected chi connectivity index (χ2v) is 9.17. The van der Waals surface area contributed by atoms with Crippen LogP contribution in [0.4, 0.5) is 10.5 Å². The van der Waals surface area contributed by atoms with E-state index >= 15 is 0 Å². The van der Waals surface area contributed by atoms with E-state index in [1.54, 1.807) is 4.90 Å². The Kier molecular flexibility index (Phi) is 8.79. The summed E-state index contributed by atoms with van der Waals surface area (Å²) in [5.41, 5.74) is 14.6. The van der Waals surface area contributed by atoms with Gasteiger partial charge in [-0.25, -0.2) is 4.79 Å².